The molecular weight excluding hydrogens is 583 g/mol. The highest BCUT2D eigenvalue weighted by molar-refractivity contribution is 7.46. The van der Waals surface area contributed by atoms with Crippen molar-refractivity contribution >= 4 is 31.7 Å². The largest absolute Gasteiger partial charge is 0.470 e. The number of hydrogen-bond acceptors (Lipinski definition) is 13. The van der Waals surface area contributed by atoms with Crippen LogP contribution in [0.15, 0.2) is 60.7 Å². The Morgan fingerprint density at radius 3 is 1.29 bits per heavy atom. The van der Waals surface area contributed by atoms with Gasteiger partial charge in [-0.2, -0.15) is 0 Å². The molecule has 5 N–H and O–H groups in total. The summed E-state index contributed by atoms with van der Waals surface area (Å²) in [6.45, 7) is 2.02. The van der Waals surface area contributed by atoms with Crippen LogP contribution in [0.1, 0.15) is 37.2 Å². The highest BCUT2D eigenvalue weighted by Crippen LogP contribution is 2.42. The number of esters is 4. The number of carbonyl (C=O) groups is 4. The molecule has 0 aromatic heterocycles. The van der Waals surface area contributed by atoms with Gasteiger partial charge in [0.05, 0.1) is 0 Å². The van der Waals surface area contributed by atoms with Gasteiger partial charge < -0.3 is 44.1 Å². The number of phosphoric acid groups is 1. The van der Waals surface area contributed by atoms with Gasteiger partial charge in [-0.25, -0.2) is 14.2 Å². The smallest absolute Gasteiger partial charge is 0.454 e. The molecule has 0 spiro atoms. The third-order valence-corrected chi connectivity index (χ3v) is 6.50. The summed E-state index contributed by atoms with van der Waals surface area (Å²) >= 11 is 0. The fourth-order valence-electron chi connectivity index (χ4n) is 4.21. The second kappa shape index (κ2) is 14.0. The number of hydrogen-bond donors (Lipinski definition) is 5. The Kier molecular flexibility index (Phi) is 10.9. The Hall–Kier alpha value is -3.69. The average Bonchev–Trinajstić information content (AvgIpc) is 2.93. The lowest BCUT2D eigenvalue weighted by Gasteiger charge is -2.44. The SMILES string of the molecule is CC(=O)O[C@H](C(=O)O[C@H]1C(O)[C@H](OC(=O)[C@@H](OC(C)=O)c2ccccc2)[C@@H](O)C(OP(=O)(O)O)[C@H]1O)c1ccccc1. The number of ether oxygens (including phenoxy) is 4. The van der Waals surface area contributed by atoms with E-state index in [9.17, 15) is 48.8 Å². The summed E-state index contributed by atoms with van der Waals surface area (Å²) in [5.41, 5.74) is 0.270. The molecule has 3 rings (SSSR count). The van der Waals surface area contributed by atoms with Crippen LogP contribution < -0.4 is 0 Å². The van der Waals surface area contributed by atoms with Crippen molar-refractivity contribution in [1.29, 1.82) is 0 Å². The lowest BCUT2D eigenvalue weighted by atomic mass is 9.84. The minimum Gasteiger partial charge on any atom is -0.454 e. The minimum atomic E-state index is -5.44. The molecule has 0 amide bonds. The molecule has 16 heteroatoms. The lowest BCUT2D eigenvalue weighted by Crippen LogP contribution is -2.66. The Labute approximate surface area is 238 Å². The zero-order chi connectivity index (χ0) is 31.2. The predicted octanol–water partition coefficient (Wildman–Crippen LogP) is -0.00700. The van der Waals surface area contributed by atoms with Crippen molar-refractivity contribution in [2.24, 2.45) is 0 Å². The maximum absolute atomic E-state index is 13.1. The van der Waals surface area contributed by atoms with E-state index in [1.807, 2.05) is 0 Å². The molecule has 8 atom stereocenters. The third-order valence-electron chi connectivity index (χ3n) is 5.98. The summed E-state index contributed by atoms with van der Waals surface area (Å²) in [4.78, 5) is 68.3. The van der Waals surface area contributed by atoms with E-state index in [0.29, 0.717) is 0 Å². The molecule has 2 aromatic carbocycles. The van der Waals surface area contributed by atoms with Gasteiger partial charge in [0.2, 0.25) is 12.2 Å². The van der Waals surface area contributed by atoms with Crippen LogP contribution in [-0.2, 0) is 47.2 Å². The Morgan fingerprint density at radius 2 is 0.976 bits per heavy atom. The Bertz CT molecular complexity index is 1210. The second-order valence-electron chi connectivity index (χ2n) is 9.14. The number of phosphoric ester groups is 1. The standard InChI is InChI=1S/C26H29O15P/c1-13(27)37-20(15-9-5-3-6-10-15)25(32)39-22-17(29)23(19(31)24(18(22)30)41-42(34,35)36)40-26(33)21(38-14(2)28)16-11-7-4-8-12-16/h3-12,17-24,29-31H,1-2H3,(H2,34,35,36)/t17?,18-,19+,20-,21-,22-,23-,24?/m0/s1. The number of rotatable bonds is 10. The Balaban J connectivity index is 1.95. The van der Waals surface area contributed by atoms with Crippen molar-refractivity contribution in [3.63, 3.8) is 0 Å². The van der Waals surface area contributed by atoms with Crippen LogP contribution in [0.2, 0.25) is 0 Å². The number of aliphatic hydroxyl groups is 3. The number of carbonyl (C=O) groups excluding carboxylic acids is 4. The molecule has 1 saturated carbocycles. The lowest BCUT2D eigenvalue weighted by molar-refractivity contribution is -0.244. The molecule has 0 aliphatic heterocycles. The molecule has 1 fully saturated rings. The van der Waals surface area contributed by atoms with Crippen molar-refractivity contribution in [3.8, 4) is 0 Å². The molecule has 1 aliphatic carbocycles. The van der Waals surface area contributed by atoms with Crippen molar-refractivity contribution in [2.75, 3.05) is 0 Å². The third kappa shape index (κ3) is 8.42. The quantitative estimate of drug-likeness (QED) is 0.135. The van der Waals surface area contributed by atoms with Crippen LogP contribution in [0.5, 0.6) is 0 Å². The fourth-order valence-corrected chi connectivity index (χ4v) is 4.78. The highest BCUT2D eigenvalue weighted by Gasteiger charge is 2.56. The topological polar surface area (TPSA) is 233 Å². The van der Waals surface area contributed by atoms with E-state index in [2.05, 4.69) is 4.52 Å². The van der Waals surface area contributed by atoms with Crippen molar-refractivity contribution < 1.29 is 72.3 Å². The van der Waals surface area contributed by atoms with Crippen LogP contribution >= 0.6 is 7.82 Å². The van der Waals surface area contributed by atoms with E-state index in [1.165, 1.54) is 48.5 Å². The molecule has 1 aliphatic rings. The summed E-state index contributed by atoms with van der Waals surface area (Å²) in [5, 5.41) is 32.6. The van der Waals surface area contributed by atoms with Crippen molar-refractivity contribution in [3.05, 3.63) is 71.8 Å². The zero-order valence-corrected chi connectivity index (χ0v) is 23.1. The van der Waals surface area contributed by atoms with E-state index in [4.69, 9.17) is 18.9 Å². The molecular formula is C26H29O15P. The fraction of sp³-hybridized carbons (Fsp3) is 0.385. The maximum atomic E-state index is 13.1. The summed E-state index contributed by atoms with van der Waals surface area (Å²) in [7, 11) is -5.44. The van der Waals surface area contributed by atoms with E-state index >= 15 is 0 Å². The molecule has 0 heterocycles. The van der Waals surface area contributed by atoms with Gasteiger partial charge in [0, 0.05) is 25.0 Å². The van der Waals surface area contributed by atoms with Gasteiger partial charge in [0.1, 0.15) is 24.4 Å². The first kappa shape index (κ1) is 32.8. The minimum absolute atomic E-state index is 0.135. The molecule has 228 valence electrons. The van der Waals surface area contributed by atoms with Gasteiger partial charge in [0.15, 0.2) is 12.2 Å². The molecule has 0 saturated heterocycles. The van der Waals surface area contributed by atoms with Gasteiger partial charge in [-0.05, 0) is 0 Å². The van der Waals surface area contributed by atoms with Gasteiger partial charge >= 0.3 is 31.7 Å². The zero-order valence-electron chi connectivity index (χ0n) is 22.2. The van der Waals surface area contributed by atoms with Gasteiger partial charge in [-0.15, -0.1) is 0 Å². The molecule has 2 unspecified atom stereocenters. The summed E-state index contributed by atoms with van der Waals surface area (Å²) in [6, 6.07) is 14.9. The number of aliphatic hydroxyl groups excluding tert-OH is 3. The first-order valence-corrected chi connectivity index (χ1v) is 13.9. The summed E-state index contributed by atoms with van der Waals surface area (Å²) in [5.74, 6) is -4.46. The van der Waals surface area contributed by atoms with Crippen LogP contribution in [-0.4, -0.2) is 85.6 Å². The summed E-state index contributed by atoms with van der Waals surface area (Å²) in [6.07, 6.45) is -16.8. The molecule has 0 bridgehead atoms. The average molecular weight is 612 g/mol. The van der Waals surface area contributed by atoms with E-state index in [0.717, 1.165) is 13.8 Å². The normalized spacial score (nSPS) is 25.4. The van der Waals surface area contributed by atoms with Crippen molar-refractivity contribution in [2.45, 2.75) is 62.7 Å². The maximum Gasteiger partial charge on any atom is 0.470 e. The second-order valence-corrected chi connectivity index (χ2v) is 10.3. The van der Waals surface area contributed by atoms with E-state index in [1.54, 1.807) is 12.1 Å². The molecule has 2 aromatic rings. The van der Waals surface area contributed by atoms with E-state index < -0.39 is 80.5 Å². The summed E-state index contributed by atoms with van der Waals surface area (Å²) < 4.78 is 36.6. The first-order chi connectivity index (χ1) is 19.7. The Morgan fingerprint density at radius 1 is 0.643 bits per heavy atom. The van der Waals surface area contributed by atoms with Gasteiger partial charge in [0.25, 0.3) is 0 Å². The molecule has 0 radical (unpaired) electrons. The van der Waals surface area contributed by atoms with Crippen molar-refractivity contribution in [1.82, 2.24) is 0 Å². The van der Waals surface area contributed by atoms with Gasteiger partial charge in [-0.3, -0.25) is 14.1 Å². The van der Waals surface area contributed by atoms with Crippen LogP contribution in [0.25, 0.3) is 0 Å². The predicted molar refractivity (Wildman–Crippen MR) is 137 cm³/mol. The molecule has 15 nitrogen and oxygen atoms in total. The van der Waals surface area contributed by atoms with Crippen LogP contribution in [0, 0.1) is 0 Å². The van der Waals surface area contributed by atoms with E-state index in [-0.39, 0.29) is 11.1 Å². The van der Waals surface area contributed by atoms with Crippen LogP contribution in [0.3, 0.4) is 0 Å². The number of benzene rings is 2. The van der Waals surface area contributed by atoms with Gasteiger partial charge in [-0.1, -0.05) is 60.7 Å². The first-order valence-electron chi connectivity index (χ1n) is 12.3. The monoisotopic (exact) mass is 612 g/mol. The highest BCUT2D eigenvalue weighted by atomic mass is 31.2. The van der Waals surface area contributed by atoms with Crippen LogP contribution in [0.4, 0.5) is 0 Å². The molecule has 42 heavy (non-hydrogen) atoms.